The number of carbonyl (C=O) groups excluding carboxylic acids is 2. The van der Waals surface area contributed by atoms with E-state index in [4.69, 9.17) is 0 Å². The van der Waals surface area contributed by atoms with E-state index in [1.165, 1.54) is 24.8 Å². The van der Waals surface area contributed by atoms with Gasteiger partial charge in [-0.25, -0.2) is 4.79 Å². The third kappa shape index (κ3) is 6.75. The number of benzene rings is 2. The quantitative estimate of drug-likeness (QED) is 0.485. The van der Waals surface area contributed by atoms with Crippen LogP contribution >= 0.6 is 0 Å². The van der Waals surface area contributed by atoms with Crippen molar-refractivity contribution in [3.63, 3.8) is 0 Å². The van der Waals surface area contributed by atoms with E-state index >= 15 is 0 Å². The summed E-state index contributed by atoms with van der Waals surface area (Å²) in [6.07, 6.45) is 3.21. The number of alkyl halides is 3. The van der Waals surface area contributed by atoms with Gasteiger partial charge in [0.05, 0.1) is 6.04 Å². The maximum absolute atomic E-state index is 13.8. The number of likely N-dealkylation sites (tertiary alicyclic amines) is 1. The average molecular weight is 543 g/mol. The second-order valence-corrected chi connectivity index (χ2v) is 11.1. The minimum Gasteiger partial charge on any atom is -0.343 e. The normalized spacial score (nSPS) is 21.9. The molecule has 0 bridgehead atoms. The molecule has 1 saturated carbocycles. The van der Waals surface area contributed by atoms with Crippen molar-refractivity contribution in [1.29, 1.82) is 0 Å². The smallest absolute Gasteiger partial charge is 0.343 e. The number of halogens is 3. The fourth-order valence-corrected chi connectivity index (χ4v) is 6.34. The number of nitrogens with one attached hydrogen (secondary N) is 1. The number of rotatable bonds is 7. The molecule has 210 valence electrons. The third-order valence-corrected chi connectivity index (χ3v) is 8.39. The number of hydrogen-bond acceptors (Lipinski definition) is 3. The lowest BCUT2D eigenvalue weighted by molar-refractivity contribution is -0.123. The molecule has 2 aliphatic heterocycles. The van der Waals surface area contributed by atoms with Crippen LogP contribution in [0.5, 0.6) is 0 Å². The highest BCUT2D eigenvalue weighted by Crippen LogP contribution is 2.38. The van der Waals surface area contributed by atoms with E-state index in [9.17, 15) is 22.8 Å². The zero-order valence-corrected chi connectivity index (χ0v) is 22.2. The number of amides is 3. The molecule has 3 aliphatic rings. The number of carbonyl (C=O) groups is 2. The van der Waals surface area contributed by atoms with E-state index in [0.29, 0.717) is 12.6 Å². The Hall–Kier alpha value is -3.07. The first-order valence-corrected chi connectivity index (χ1v) is 14.1. The van der Waals surface area contributed by atoms with Crippen LogP contribution in [0.25, 0.3) is 0 Å². The summed E-state index contributed by atoms with van der Waals surface area (Å²) in [5.74, 6) is -0.731. The zero-order valence-electron chi connectivity index (χ0n) is 22.2. The van der Waals surface area contributed by atoms with Crippen LogP contribution in [-0.2, 0) is 6.54 Å². The first kappa shape index (κ1) is 27.5. The van der Waals surface area contributed by atoms with Crippen LogP contribution in [0.1, 0.15) is 72.5 Å². The van der Waals surface area contributed by atoms with Gasteiger partial charge in [-0.1, -0.05) is 61.7 Å². The van der Waals surface area contributed by atoms with Gasteiger partial charge in [0.2, 0.25) is 0 Å². The van der Waals surface area contributed by atoms with Crippen molar-refractivity contribution in [1.82, 2.24) is 20.0 Å². The molecule has 1 N–H and O–H groups in total. The SMILES string of the molecule is O=C(NCC(F)(F)F)c1ccc(CN2CCC(N3C(=O)N(C4CCCCC4)C[C@H]3c3ccccc3)CC2)cc1. The summed E-state index contributed by atoms with van der Waals surface area (Å²) < 4.78 is 37.1. The molecule has 39 heavy (non-hydrogen) atoms. The monoisotopic (exact) mass is 542 g/mol. The standard InChI is InChI=1S/C30H37F3N4O2/c31-30(32,33)21-34-28(38)24-13-11-22(12-14-24)19-35-17-15-26(16-18-35)37-27(23-7-3-1-4-8-23)20-36(29(37)39)25-9-5-2-6-10-25/h1,3-4,7-8,11-14,25-27H,2,5-6,9-10,15-21H2,(H,34,38)/t27-/m0/s1. The van der Waals surface area contributed by atoms with Gasteiger partial charge in [-0.2, -0.15) is 13.2 Å². The minimum absolute atomic E-state index is 0.0770. The van der Waals surface area contributed by atoms with Gasteiger partial charge in [0, 0.05) is 43.8 Å². The van der Waals surface area contributed by atoms with Gasteiger partial charge in [-0.15, -0.1) is 0 Å². The van der Waals surface area contributed by atoms with E-state index in [1.54, 1.807) is 24.3 Å². The lowest BCUT2D eigenvalue weighted by atomic mass is 9.94. The van der Waals surface area contributed by atoms with Crippen molar-refractivity contribution in [2.24, 2.45) is 0 Å². The summed E-state index contributed by atoms with van der Waals surface area (Å²) in [4.78, 5) is 32.4. The van der Waals surface area contributed by atoms with E-state index in [0.717, 1.165) is 50.9 Å². The predicted molar refractivity (Wildman–Crippen MR) is 143 cm³/mol. The van der Waals surface area contributed by atoms with Crippen molar-refractivity contribution in [2.75, 3.05) is 26.2 Å². The molecule has 5 rings (SSSR count). The van der Waals surface area contributed by atoms with Crippen LogP contribution in [0.2, 0.25) is 0 Å². The number of urea groups is 1. The Kier molecular flexibility index (Phi) is 8.45. The van der Waals surface area contributed by atoms with Crippen LogP contribution < -0.4 is 5.32 Å². The van der Waals surface area contributed by atoms with Crippen molar-refractivity contribution < 1.29 is 22.8 Å². The Morgan fingerprint density at radius 1 is 0.872 bits per heavy atom. The maximum Gasteiger partial charge on any atom is 0.405 e. The Morgan fingerprint density at radius 2 is 1.54 bits per heavy atom. The van der Waals surface area contributed by atoms with Gasteiger partial charge in [-0.05, 0) is 48.9 Å². The summed E-state index contributed by atoms with van der Waals surface area (Å²) >= 11 is 0. The molecule has 1 atom stereocenters. The lowest BCUT2D eigenvalue weighted by Gasteiger charge is -2.39. The lowest BCUT2D eigenvalue weighted by Crippen LogP contribution is -2.48. The topological polar surface area (TPSA) is 55.9 Å². The molecule has 3 fully saturated rings. The van der Waals surface area contributed by atoms with Crippen molar-refractivity contribution in [3.8, 4) is 0 Å². The first-order valence-electron chi connectivity index (χ1n) is 14.1. The molecular weight excluding hydrogens is 505 g/mol. The highest BCUT2D eigenvalue weighted by atomic mass is 19.4. The predicted octanol–water partition coefficient (Wildman–Crippen LogP) is 5.75. The molecule has 2 heterocycles. The van der Waals surface area contributed by atoms with E-state index < -0.39 is 18.6 Å². The zero-order chi connectivity index (χ0) is 27.4. The summed E-state index contributed by atoms with van der Waals surface area (Å²) in [5, 5.41) is 1.90. The van der Waals surface area contributed by atoms with Crippen LogP contribution in [0.15, 0.2) is 54.6 Å². The van der Waals surface area contributed by atoms with Crippen LogP contribution in [0.4, 0.5) is 18.0 Å². The summed E-state index contributed by atoms with van der Waals surface area (Å²) in [6, 6.07) is 17.9. The molecule has 2 aromatic rings. The minimum atomic E-state index is -4.43. The Labute approximate surface area is 228 Å². The average Bonchev–Trinajstić information content (AvgIpc) is 3.30. The third-order valence-electron chi connectivity index (χ3n) is 8.39. The van der Waals surface area contributed by atoms with Crippen molar-refractivity contribution in [3.05, 3.63) is 71.3 Å². The highest BCUT2D eigenvalue weighted by Gasteiger charge is 2.45. The second kappa shape index (κ2) is 12.0. The molecular formula is C30H37F3N4O2. The van der Waals surface area contributed by atoms with Crippen LogP contribution in [0, 0.1) is 0 Å². The van der Waals surface area contributed by atoms with Gasteiger partial charge in [0.1, 0.15) is 6.54 Å². The molecule has 0 aromatic heterocycles. The van der Waals surface area contributed by atoms with E-state index in [-0.39, 0.29) is 23.7 Å². The van der Waals surface area contributed by atoms with Crippen LogP contribution in [-0.4, -0.2) is 71.1 Å². The van der Waals surface area contributed by atoms with Crippen molar-refractivity contribution >= 4 is 11.9 Å². The summed E-state index contributed by atoms with van der Waals surface area (Å²) in [5.41, 5.74) is 2.42. The van der Waals surface area contributed by atoms with Gasteiger partial charge in [0.15, 0.2) is 0 Å². The van der Waals surface area contributed by atoms with Crippen molar-refractivity contribution in [2.45, 2.75) is 75.8 Å². The molecule has 0 spiro atoms. The largest absolute Gasteiger partial charge is 0.405 e. The number of hydrogen-bond donors (Lipinski definition) is 1. The Balaban J connectivity index is 1.19. The first-order chi connectivity index (χ1) is 18.8. The van der Waals surface area contributed by atoms with E-state index in [1.807, 2.05) is 11.4 Å². The van der Waals surface area contributed by atoms with Gasteiger partial charge in [0.25, 0.3) is 5.91 Å². The Morgan fingerprint density at radius 3 is 2.18 bits per heavy atom. The van der Waals surface area contributed by atoms with Gasteiger partial charge in [-0.3, -0.25) is 9.69 Å². The molecule has 2 saturated heterocycles. The fraction of sp³-hybridized carbons (Fsp3) is 0.533. The number of nitrogens with zero attached hydrogens (tertiary/aromatic N) is 3. The number of piperidine rings is 1. The molecule has 1 aliphatic carbocycles. The highest BCUT2D eigenvalue weighted by molar-refractivity contribution is 5.94. The molecule has 0 radical (unpaired) electrons. The molecule has 0 unspecified atom stereocenters. The maximum atomic E-state index is 13.8. The van der Waals surface area contributed by atoms with Crippen LogP contribution in [0.3, 0.4) is 0 Å². The summed E-state index contributed by atoms with van der Waals surface area (Å²) in [6.45, 7) is 1.82. The molecule has 3 amide bonds. The fourth-order valence-electron chi connectivity index (χ4n) is 6.34. The summed E-state index contributed by atoms with van der Waals surface area (Å²) in [7, 11) is 0. The second-order valence-electron chi connectivity index (χ2n) is 11.1. The van der Waals surface area contributed by atoms with Gasteiger partial charge < -0.3 is 15.1 Å². The molecule has 2 aromatic carbocycles. The van der Waals surface area contributed by atoms with E-state index in [2.05, 4.69) is 39.0 Å². The van der Waals surface area contributed by atoms with Gasteiger partial charge >= 0.3 is 12.2 Å². The molecule has 6 nitrogen and oxygen atoms in total. The Bertz CT molecular complexity index is 1110. The molecule has 9 heteroatoms.